The van der Waals surface area contributed by atoms with E-state index < -0.39 is 12.6 Å². The molecule has 152 valence electrons. The lowest BCUT2D eigenvalue weighted by atomic mass is 10.2. The molecule has 0 unspecified atom stereocenters. The van der Waals surface area contributed by atoms with Crippen molar-refractivity contribution in [3.8, 4) is 23.0 Å². The molecule has 0 aliphatic carbocycles. The summed E-state index contributed by atoms with van der Waals surface area (Å²) in [5.41, 5.74) is 1.86. The summed E-state index contributed by atoms with van der Waals surface area (Å²) < 4.78 is 39.8. The zero-order valence-corrected chi connectivity index (χ0v) is 15.4. The lowest BCUT2D eigenvalue weighted by Gasteiger charge is -2.13. The molecule has 8 nitrogen and oxygen atoms in total. The first kappa shape index (κ1) is 20.1. The number of nitrogens with zero attached hydrogens (tertiary/aromatic N) is 2. The van der Waals surface area contributed by atoms with Gasteiger partial charge in [-0.2, -0.15) is 8.78 Å². The minimum absolute atomic E-state index is 0.0621. The van der Waals surface area contributed by atoms with Gasteiger partial charge >= 0.3 is 12.6 Å². The van der Waals surface area contributed by atoms with Gasteiger partial charge < -0.3 is 24.5 Å². The highest BCUT2D eigenvalue weighted by Crippen LogP contribution is 2.30. The molecule has 0 aliphatic heterocycles. The number of halogens is 2. The Balaban J connectivity index is 1.60. The Morgan fingerprint density at radius 1 is 1.21 bits per heavy atom. The van der Waals surface area contributed by atoms with E-state index in [9.17, 15) is 13.6 Å². The van der Waals surface area contributed by atoms with E-state index >= 15 is 0 Å². The standard InChI is InChI=1S/C19H18F2N4O4/c1-2-27-16-8-12(6-7-15(16)29-18(20)21)10-22-19(26)24-14-5-3-4-13(9-14)17-25-23-11-28-17/h3-9,11,18H,2,10H2,1H3,(H2,22,24,26). The van der Waals surface area contributed by atoms with Crippen LogP contribution in [0, 0.1) is 0 Å². The average Bonchev–Trinajstić information content (AvgIpc) is 3.23. The van der Waals surface area contributed by atoms with Gasteiger partial charge in [0.2, 0.25) is 12.3 Å². The Kier molecular flexibility index (Phi) is 6.56. The van der Waals surface area contributed by atoms with E-state index in [1.807, 2.05) is 0 Å². The van der Waals surface area contributed by atoms with Crippen LogP contribution in [0.5, 0.6) is 11.5 Å². The Morgan fingerprint density at radius 3 is 2.79 bits per heavy atom. The zero-order chi connectivity index (χ0) is 20.6. The van der Waals surface area contributed by atoms with Crippen molar-refractivity contribution in [3.05, 3.63) is 54.4 Å². The SMILES string of the molecule is CCOc1cc(CNC(=O)Nc2cccc(-c3nnco3)c2)ccc1OC(F)F. The van der Waals surface area contributed by atoms with Gasteiger partial charge in [-0.3, -0.25) is 0 Å². The van der Waals surface area contributed by atoms with E-state index in [2.05, 4.69) is 25.6 Å². The molecule has 3 rings (SSSR count). The predicted octanol–water partition coefficient (Wildman–Crippen LogP) is 4.06. The first-order chi connectivity index (χ1) is 14.0. The molecule has 1 heterocycles. The van der Waals surface area contributed by atoms with Gasteiger partial charge in [-0.1, -0.05) is 12.1 Å². The molecule has 29 heavy (non-hydrogen) atoms. The molecule has 0 saturated carbocycles. The molecule has 2 N–H and O–H groups in total. The van der Waals surface area contributed by atoms with Crippen molar-refractivity contribution in [1.29, 1.82) is 0 Å². The quantitative estimate of drug-likeness (QED) is 0.588. The highest BCUT2D eigenvalue weighted by molar-refractivity contribution is 5.89. The topological polar surface area (TPSA) is 98.5 Å². The predicted molar refractivity (Wildman–Crippen MR) is 99.8 cm³/mol. The minimum Gasteiger partial charge on any atom is -0.490 e. The lowest BCUT2D eigenvalue weighted by Crippen LogP contribution is -2.28. The molecule has 0 fully saturated rings. The van der Waals surface area contributed by atoms with Crippen molar-refractivity contribution in [1.82, 2.24) is 15.5 Å². The maximum atomic E-state index is 12.5. The third-order valence-corrected chi connectivity index (χ3v) is 3.70. The number of amides is 2. The lowest BCUT2D eigenvalue weighted by molar-refractivity contribution is -0.0514. The first-order valence-corrected chi connectivity index (χ1v) is 8.67. The summed E-state index contributed by atoms with van der Waals surface area (Å²) in [5, 5.41) is 12.8. The van der Waals surface area contributed by atoms with Gasteiger partial charge in [0.15, 0.2) is 11.5 Å². The Labute approximate surface area is 164 Å². The minimum atomic E-state index is -2.95. The summed E-state index contributed by atoms with van der Waals surface area (Å²) in [7, 11) is 0. The van der Waals surface area contributed by atoms with E-state index in [4.69, 9.17) is 9.15 Å². The van der Waals surface area contributed by atoms with Crippen molar-refractivity contribution >= 4 is 11.7 Å². The number of carbonyl (C=O) groups excluding carboxylic acids is 1. The number of benzene rings is 2. The van der Waals surface area contributed by atoms with Gasteiger partial charge in [-0.05, 0) is 42.8 Å². The number of carbonyl (C=O) groups is 1. The van der Waals surface area contributed by atoms with Crippen LogP contribution in [0.3, 0.4) is 0 Å². The second kappa shape index (κ2) is 9.49. The van der Waals surface area contributed by atoms with E-state index in [0.29, 0.717) is 22.7 Å². The summed E-state index contributed by atoms with van der Waals surface area (Å²) in [6.45, 7) is -0.781. The number of hydrogen-bond donors (Lipinski definition) is 2. The number of nitrogens with one attached hydrogen (secondary N) is 2. The molecule has 3 aromatic rings. The van der Waals surface area contributed by atoms with Crippen LogP contribution < -0.4 is 20.1 Å². The van der Waals surface area contributed by atoms with E-state index in [-0.39, 0.29) is 24.7 Å². The van der Waals surface area contributed by atoms with Gasteiger partial charge in [0, 0.05) is 17.8 Å². The molecule has 0 bridgehead atoms. The summed E-state index contributed by atoms with van der Waals surface area (Å²) in [4.78, 5) is 12.2. The molecule has 0 radical (unpaired) electrons. The van der Waals surface area contributed by atoms with Gasteiger partial charge in [0.25, 0.3) is 0 Å². The second-order valence-electron chi connectivity index (χ2n) is 5.72. The van der Waals surface area contributed by atoms with Crippen LogP contribution >= 0.6 is 0 Å². The van der Waals surface area contributed by atoms with E-state index in [1.165, 1.54) is 18.5 Å². The third-order valence-electron chi connectivity index (χ3n) is 3.70. The molecular weight excluding hydrogens is 386 g/mol. The summed E-state index contributed by atoms with van der Waals surface area (Å²) in [6, 6.07) is 11.0. The molecular formula is C19H18F2N4O4. The molecule has 0 aliphatic rings. The third kappa shape index (κ3) is 5.64. The maximum Gasteiger partial charge on any atom is 0.387 e. The first-order valence-electron chi connectivity index (χ1n) is 8.67. The van der Waals surface area contributed by atoms with Crippen molar-refractivity contribution in [3.63, 3.8) is 0 Å². The number of rotatable bonds is 8. The molecule has 0 spiro atoms. The smallest absolute Gasteiger partial charge is 0.387 e. The van der Waals surface area contributed by atoms with Gasteiger partial charge in [-0.25, -0.2) is 4.79 Å². The molecule has 2 aromatic carbocycles. The van der Waals surface area contributed by atoms with Crippen molar-refractivity contribution in [2.75, 3.05) is 11.9 Å². The van der Waals surface area contributed by atoms with Crippen molar-refractivity contribution in [2.24, 2.45) is 0 Å². The van der Waals surface area contributed by atoms with Crippen molar-refractivity contribution in [2.45, 2.75) is 20.1 Å². The monoisotopic (exact) mass is 404 g/mol. The van der Waals surface area contributed by atoms with Crippen LogP contribution in [0.2, 0.25) is 0 Å². The summed E-state index contributed by atoms with van der Waals surface area (Å²) in [6.07, 6.45) is 1.22. The highest BCUT2D eigenvalue weighted by atomic mass is 19.3. The number of alkyl halides is 2. The maximum absolute atomic E-state index is 12.5. The fraction of sp³-hybridized carbons (Fsp3) is 0.211. The highest BCUT2D eigenvalue weighted by Gasteiger charge is 2.12. The summed E-state index contributed by atoms with van der Waals surface area (Å²) >= 11 is 0. The van der Waals surface area contributed by atoms with Gasteiger partial charge in [0.05, 0.1) is 6.61 Å². The van der Waals surface area contributed by atoms with Crippen LogP contribution in [0.4, 0.5) is 19.3 Å². The largest absolute Gasteiger partial charge is 0.490 e. The van der Waals surface area contributed by atoms with Crippen LogP contribution in [0.25, 0.3) is 11.5 Å². The van der Waals surface area contributed by atoms with E-state index in [0.717, 1.165) is 0 Å². The number of hydrogen-bond acceptors (Lipinski definition) is 6. The normalized spacial score (nSPS) is 10.6. The Hall–Kier alpha value is -3.69. The number of ether oxygens (including phenoxy) is 2. The van der Waals surface area contributed by atoms with Crippen LogP contribution in [-0.4, -0.2) is 29.4 Å². The number of anilines is 1. The van der Waals surface area contributed by atoms with Crippen LogP contribution in [0.15, 0.2) is 53.3 Å². The van der Waals surface area contributed by atoms with Crippen LogP contribution in [0.1, 0.15) is 12.5 Å². The molecule has 0 saturated heterocycles. The molecule has 0 atom stereocenters. The zero-order valence-electron chi connectivity index (χ0n) is 15.4. The fourth-order valence-electron chi connectivity index (χ4n) is 2.51. The van der Waals surface area contributed by atoms with Gasteiger partial charge in [-0.15, -0.1) is 10.2 Å². The van der Waals surface area contributed by atoms with Gasteiger partial charge in [0.1, 0.15) is 0 Å². The second-order valence-corrected chi connectivity index (χ2v) is 5.72. The average molecular weight is 404 g/mol. The van der Waals surface area contributed by atoms with Crippen molar-refractivity contribution < 1.29 is 27.5 Å². The fourth-order valence-corrected chi connectivity index (χ4v) is 2.51. The van der Waals surface area contributed by atoms with Crippen LogP contribution in [-0.2, 0) is 6.54 Å². The molecule has 1 aromatic heterocycles. The Bertz CT molecular complexity index is 951. The molecule has 10 heteroatoms. The molecule has 2 amide bonds. The number of urea groups is 1. The number of aromatic nitrogens is 2. The van der Waals surface area contributed by atoms with E-state index in [1.54, 1.807) is 37.3 Å². The Morgan fingerprint density at radius 2 is 2.07 bits per heavy atom. The summed E-state index contributed by atoms with van der Waals surface area (Å²) in [5.74, 6) is 0.455.